The minimum absolute atomic E-state index is 0.846. The zero-order valence-electron chi connectivity index (χ0n) is 11.9. The van der Waals surface area contributed by atoms with Gasteiger partial charge < -0.3 is 9.22 Å². The summed E-state index contributed by atoms with van der Waals surface area (Å²) in [6.45, 7) is 16.8. The van der Waals surface area contributed by atoms with Crippen LogP contribution in [0, 0.1) is 0 Å². The average Bonchev–Trinajstić information content (AvgIpc) is 2.24. The van der Waals surface area contributed by atoms with Gasteiger partial charge in [0.1, 0.15) is 13.2 Å². The molecule has 0 heterocycles. The normalized spacial score (nSPS) is 11.3. The van der Waals surface area contributed by atoms with Crippen LogP contribution in [-0.4, -0.2) is 37.3 Å². The summed E-state index contributed by atoms with van der Waals surface area (Å²) in [7, 11) is 0. The molecule has 0 rings (SSSR count). The summed E-state index contributed by atoms with van der Waals surface area (Å²) < 4.78 is 6.78. The predicted octanol–water partition coefficient (Wildman–Crippen LogP) is 3.58. The van der Waals surface area contributed by atoms with Crippen molar-refractivity contribution in [1.82, 2.24) is 0 Å². The lowest BCUT2D eigenvalue weighted by molar-refractivity contribution is -0.926. The van der Waals surface area contributed by atoms with E-state index in [2.05, 4.69) is 34.6 Å². The highest BCUT2D eigenvalue weighted by molar-refractivity contribution is 4.86. The Balaban J connectivity index is 4.13. The van der Waals surface area contributed by atoms with Crippen molar-refractivity contribution in [3.05, 3.63) is 11.8 Å². The lowest BCUT2D eigenvalue weighted by Gasteiger charge is -2.37. The maximum absolute atomic E-state index is 5.57. The molecule has 0 bridgehead atoms. The Hall–Kier alpha value is -0.500. The SMILES string of the molecule is CCC[N+](CC)(CCC)CCOC=C(C)C. The molecule has 16 heavy (non-hydrogen) atoms. The summed E-state index contributed by atoms with van der Waals surface area (Å²) in [4.78, 5) is 0. The van der Waals surface area contributed by atoms with Crippen LogP contribution >= 0.6 is 0 Å². The predicted molar refractivity (Wildman–Crippen MR) is 71.4 cm³/mol. The second-order valence-corrected chi connectivity index (χ2v) is 4.89. The van der Waals surface area contributed by atoms with Crippen LogP contribution in [0.25, 0.3) is 0 Å². The zero-order chi connectivity index (χ0) is 12.4. The van der Waals surface area contributed by atoms with Crippen LogP contribution in [0.5, 0.6) is 0 Å². The maximum Gasteiger partial charge on any atom is 0.136 e. The third-order valence-corrected chi connectivity index (χ3v) is 3.07. The molecular weight excluding hydrogens is 198 g/mol. The molecule has 0 saturated carbocycles. The first-order valence-corrected chi connectivity index (χ1v) is 6.70. The average molecular weight is 228 g/mol. The fourth-order valence-corrected chi connectivity index (χ4v) is 2.23. The van der Waals surface area contributed by atoms with Gasteiger partial charge in [0.05, 0.1) is 25.9 Å². The summed E-state index contributed by atoms with van der Waals surface area (Å²) >= 11 is 0. The Morgan fingerprint density at radius 3 is 1.94 bits per heavy atom. The number of hydrogen-bond donors (Lipinski definition) is 0. The molecule has 2 heteroatoms. The fourth-order valence-electron chi connectivity index (χ4n) is 2.23. The largest absolute Gasteiger partial charge is 0.495 e. The van der Waals surface area contributed by atoms with Crippen molar-refractivity contribution in [2.24, 2.45) is 0 Å². The van der Waals surface area contributed by atoms with Crippen molar-refractivity contribution >= 4 is 0 Å². The van der Waals surface area contributed by atoms with Crippen LogP contribution in [0.4, 0.5) is 0 Å². The highest BCUT2D eigenvalue weighted by atomic mass is 16.5. The number of hydrogen-bond acceptors (Lipinski definition) is 1. The number of ether oxygens (including phenoxy) is 1. The van der Waals surface area contributed by atoms with Gasteiger partial charge in [-0.05, 0) is 39.2 Å². The smallest absolute Gasteiger partial charge is 0.136 e. The first kappa shape index (κ1) is 15.5. The van der Waals surface area contributed by atoms with E-state index in [9.17, 15) is 0 Å². The molecule has 0 spiro atoms. The highest BCUT2D eigenvalue weighted by Gasteiger charge is 2.22. The van der Waals surface area contributed by atoms with Crippen molar-refractivity contribution in [1.29, 1.82) is 0 Å². The van der Waals surface area contributed by atoms with Gasteiger partial charge in [0.25, 0.3) is 0 Å². The highest BCUT2D eigenvalue weighted by Crippen LogP contribution is 2.09. The minimum Gasteiger partial charge on any atom is -0.495 e. The molecular formula is C14H30NO+. The number of allylic oxidation sites excluding steroid dienone is 1. The fraction of sp³-hybridized carbons (Fsp3) is 0.857. The van der Waals surface area contributed by atoms with Crippen molar-refractivity contribution < 1.29 is 9.22 Å². The van der Waals surface area contributed by atoms with Crippen molar-refractivity contribution in [3.63, 3.8) is 0 Å². The number of quaternary nitrogens is 1. The molecule has 0 aliphatic rings. The quantitative estimate of drug-likeness (QED) is 0.333. The Morgan fingerprint density at radius 2 is 1.56 bits per heavy atom. The van der Waals surface area contributed by atoms with Crippen molar-refractivity contribution in [3.8, 4) is 0 Å². The summed E-state index contributed by atoms with van der Waals surface area (Å²) in [5.41, 5.74) is 1.24. The summed E-state index contributed by atoms with van der Waals surface area (Å²) in [5, 5.41) is 0. The van der Waals surface area contributed by atoms with Gasteiger partial charge in [-0.15, -0.1) is 0 Å². The Bertz CT molecular complexity index is 189. The van der Waals surface area contributed by atoms with E-state index in [0.717, 1.165) is 13.2 Å². The van der Waals surface area contributed by atoms with Gasteiger partial charge >= 0.3 is 0 Å². The monoisotopic (exact) mass is 228 g/mol. The second-order valence-electron chi connectivity index (χ2n) is 4.89. The van der Waals surface area contributed by atoms with Gasteiger partial charge in [-0.1, -0.05) is 13.8 Å². The Labute approximate surface area is 102 Å². The van der Waals surface area contributed by atoms with Crippen LogP contribution in [0.1, 0.15) is 47.5 Å². The molecule has 0 aliphatic carbocycles. The first-order valence-electron chi connectivity index (χ1n) is 6.70. The molecule has 0 aromatic rings. The molecule has 2 nitrogen and oxygen atoms in total. The van der Waals surface area contributed by atoms with Crippen LogP contribution in [0.2, 0.25) is 0 Å². The standard InChI is InChI=1S/C14H30NO/c1-6-9-15(8-3,10-7-2)11-12-16-13-14(4)5/h13H,6-12H2,1-5H3/q+1. The summed E-state index contributed by atoms with van der Waals surface area (Å²) in [6, 6.07) is 0. The Morgan fingerprint density at radius 1 is 1.00 bits per heavy atom. The van der Waals surface area contributed by atoms with Crippen LogP contribution in [0.3, 0.4) is 0 Å². The van der Waals surface area contributed by atoms with E-state index in [-0.39, 0.29) is 0 Å². The lowest BCUT2D eigenvalue weighted by Crippen LogP contribution is -2.50. The van der Waals surface area contributed by atoms with Gasteiger partial charge in [-0.3, -0.25) is 0 Å². The maximum atomic E-state index is 5.57. The van der Waals surface area contributed by atoms with E-state index in [1.807, 2.05) is 6.26 Å². The van der Waals surface area contributed by atoms with E-state index >= 15 is 0 Å². The van der Waals surface area contributed by atoms with E-state index < -0.39 is 0 Å². The van der Waals surface area contributed by atoms with Gasteiger partial charge in [-0.25, -0.2) is 0 Å². The molecule has 0 unspecified atom stereocenters. The number of nitrogens with zero attached hydrogens (tertiary/aromatic N) is 1. The van der Waals surface area contributed by atoms with Gasteiger partial charge in [-0.2, -0.15) is 0 Å². The van der Waals surface area contributed by atoms with E-state index in [4.69, 9.17) is 4.74 Å². The molecule has 0 radical (unpaired) electrons. The molecule has 0 fully saturated rings. The minimum atomic E-state index is 0.846. The molecule has 0 N–H and O–H groups in total. The molecule has 0 saturated heterocycles. The van der Waals surface area contributed by atoms with Crippen LogP contribution < -0.4 is 0 Å². The number of likely N-dealkylation sites (N-methyl/N-ethyl adjacent to an activating group) is 1. The summed E-state index contributed by atoms with van der Waals surface area (Å²) in [6.07, 6.45) is 4.40. The topological polar surface area (TPSA) is 9.23 Å². The Kier molecular flexibility index (Phi) is 8.36. The third kappa shape index (κ3) is 6.16. The van der Waals surface area contributed by atoms with Gasteiger partial charge in [0.2, 0.25) is 0 Å². The van der Waals surface area contributed by atoms with Crippen LogP contribution in [0.15, 0.2) is 11.8 Å². The van der Waals surface area contributed by atoms with E-state index in [0.29, 0.717) is 0 Å². The molecule has 0 aliphatic heterocycles. The van der Waals surface area contributed by atoms with E-state index in [1.54, 1.807) is 0 Å². The van der Waals surface area contributed by atoms with Crippen molar-refractivity contribution in [2.45, 2.75) is 47.5 Å². The second kappa shape index (κ2) is 8.63. The van der Waals surface area contributed by atoms with Gasteiger partial charge in [0, 0.05) is 0 Å². The van der Waals surface area contributed by atoms with E-state index in [1.165, 1.54) is 42.5 Å². The number of rotatable bonds is 9. The zero-order valence-corrected chi connectivity index (χ0v) is 11.9. The molecule has 0 aromatic carbocycles. The molecule has 0 amide bonds. The van der Waals surface area contributed by atoms with Crippen molar-refractivity contribution in [2.75, 3.05) is 32.8 Å². The molecule has 96 valence electrons. The first-order chi connectivity index (χ1) is 7.60. The molecule has 0 aromatic heterocycles. The van der Waals surface area contributed by atoms with Gasteiger partial charge in [0.15, 0.2) is 0 Å². The lowest BCUT2D eigenvalue weighted by atomic mass is 10.2. The van der Waals surface area contributed by atoms with Crippen LogP contribution in [-0.2, 0) is 4.74 Å². The summed E-state index contributed by atoms with van der Waals surface area (Å²) in [5.74, 6) is 0. The molecule has 0 atom stereocenters. The third-order valence-electron chi connectivity index (χ3n) is 3.07.